The van der Waals surface area contributed by atoms with E-state index in [-0.39, 0.29) is 5.92 Å². The first kappa shape index (κ1) is 16.1. The second-order valence-corrected chi connectivity index (χ2v) is 6.28. The summed E-state index contributed by atoms with van der Waals surface area (Å²) < 4.78 is 39.8. The SMILES string of the molecule is CC(C)c1ccc(N2CCC(N(C)C)C2)cc1C(F)(F)F. The molecule has 0 aromatic heterocycles. The molecule has 1 fully saturated rings. The van der Waals surface area contributed by atoms with Gasteiger partial charge in [0.2, 0.25) is 0 Å². The fourth-order valence-electron chi connectivity index (χ4n) is 2.89. The molecule has 1 aliphatic rings. The van der Waals surface area contributed by atoms with Crippen molar-refractivity contribution in [2.24, 2.45) is 0 Å². The zero-order valence-corrected chi connectivity index (χ0v) is 13.0. The number of halogens is 3. The Bertz CT molecular complexity index is 495. The van der Waals surface area contributed by atoms with Crippen molar-refractivity contribution in [3.8, 4) is 0 Å². The van der Waals surface area contributed by atoms with E-state index in [9.17, 15) is 13.2 Å². The Balaban J connectivity index is 2.31. The molecule has 0 amide bonds. The number of benzene rings is 1. The van der Waals surface area contributed by atoms with Crippen molar-refractivity contribution < 1.29 is 13.2 Å². The van der Waals surface area contributed by atoms with Crippen LogP contribution in [0.25, 0.3) is 0 Å². The van der Waals surface area contributed by atoms with Crippen LogP contribution in [-0.4, -0.2) is 38.1 Å². The minimum absolute atomic E-state index is 0.135. The summed E-state index contributed by atoms with van der Waals surface area (Å²) in [6, 6.07) is 5.17. The Labute approximate surface area is 124 Å². The summed E-state index contributed by atoms with van der Waals surface area (Å²) in [5.74, 6) is -0.135. The van der Waals surface area contributed by atoms with Crippen molar-refractivity contribution in [3.63, 3.8) is 0 Å². The van der Waals surface area contributed by atoms with Gasteiger partial charge < -0.3 is 9.80 Å². The first-order valence-electron chi connectivity index (χ1n) is 7.32. The number of nitrogens with zero attached hydrogens (tertiary/aromatic N) is 2. The van der Waals surface area contributed by atoms with Gasteiger partial charge in [-0.15, -0.1) is 0 Å². The third kappa shape index (κ3) is 3.51. The number of likely N-dealkylation sites (N-methyl/N-ethyl adjacent to an activating group) is 1. The molecule has 1 aromatic carbocycles. The number of rotatable bonds is 3. The summed E-state index contributed by atoms with van der Waals surface area (Å²) in [6.07, 6.45) is -3.31. The topological polar surface area (TPSA) is 6.48 Å². The molecule has 0 spiro atoms. The van der Waals surface area contributed by atoms with Gasteiger partial charge in [0.1, 0.15) is 0 Å². The monoisotopic (exact) mass is 300 g/mol. The molecule has 1 aromatic rings. The van der Waals surface area contributed by atoms with Gasteiger partial charge in [-0.2, -0.15) is 13.2 Å². The maximum atomic E-state index is 13.3. The van der Waals surface area contributed by atoms with Crippen molar-refractivity contribution in [2.45, 2.75) is 38.4 Å². The van der Waals surface area contributed by atoms with Crippen molar-refractivity contribution in [3.05, 3.63) is 29.3 Å². The van der Waals surface area contributed by atoms with E-state index >= 15 is 0 Å². The largest absolute Gasteiger partial charge is 0.416 e. The van der Waals surface area contributed by atoms with Crippen LogP contribution in [0.4, 0.5) is 18.9 Å². The molecule has 5 heteroatoms. The Morgan fingerprint density at radius 2 is 1.90 bits per heavy atom. The van der Waals surface area contributed by atoms with Gasteiger partial charge in [-0.3, -0.25) is 0 Å². The van der Waals surface area contributed by atoms with Gasteiger partial charge in [-0.1, -0.05) is 19.9 Å². The molecule has 118 valence electrons. The van der Waals surface area contributed by atoms with E-state index in [0.717, 1.165) is 19.5 Å². The van der Waals surface area contributed by atoms with E-state index in [1.807, 2.05) is 25.1 Å². The highest BCUT2D eigenvalue weighted by Gasteiger charge is 2.35. The summed E-state index contributed by atoms with van der Waals surface area (Å²) in [7, 11) is 4.02. The van der Waals surface area contributed by atoms with Crippen molar-refractivity contribution in [2.75, 3.05) is 32.1 Å². The van der Waals surface area contributed by atoms with Crippen LogP contribution in [-0.2, 0) is 6.18 Å². The third-order valence-corrected chi connectivity index (χ3v) is 4.22. The number of hydrogen-bond acceptors (Lipinski definition) is 2. The molecule has 0 aliphatic carbocycles. The zero-order chi connectivity index (χ0) is 15.8. The van der Waals surface area contributed by atoms with Gasteiger partial charge in [0, 0.05) is 24.8 Å². The molecular weight excluding hydrogens is 277 g/mol. The molecule has 2 nitrogen and oxygen atoms in total. The quantitative estimate of drug-likeness (QED) is 0.833. The molecule has 0 radical (unpaired) electrons. The predicted molar refractivity (Wildman–Crippen MR) is 79.8 cm³/mol. The van der Waals surface area contributed by atoms with Crippen LogP contribution in [0.1, 0.15) is 37.3 Å². The average Bonchev–Trinajstić information content (AvgIpc) is 2.86. The van der Waals surface area contributed by atoms with Gasteiger partial charge in [0.15, 0.2) is 0 Å². The molecular formula is C16H23F3N2. The van der Waals surface area contributed by atoms with Crippen LogP contribution in [0.5, 0.6) is 0 Å². The molecule has 1 saturated heterocycles. The second-order valence-electron chi connectivity index (χ2n) is 6.28. The summed E-state index contributed by atoms with van der Waals surface area (Å²) in [6.45, 7) is 5.18. The Kier molecular flexibility index (Phi) is 4.51. The van der Waals surface area contributed by atoms with E-state index in [0.29, 0.717) is 17.3 Å². The van der Waals surface area contributed by atoms with E-state index in [1.54, 1.807) is 19.9 Å². The Morgan fingerprint density at radius 1 is 1.24 bits per heavy atom. The van der Waals surface area contributed by atoms with Crippen LogP contribution >= 0.6 is 0 Å². The molecule has 2 rings (SSSR count). The zero-order valence-electron chi connectivity index (χ0n) is 13.0. The lowest BCUT2D eigenvalue weighted by atomic mass is 9.96. The first-order valence-corrected chi connectivity index (χ1v) is 7.32. The van der Waals surface area contributed by atoms with Gasteiger partial charge >= 0.3 is 6.18 Å². The minimum atomic E-state index is -4.30. The normalized spacial score (nSPS) is 19.9. The summed E-state index contributed by atoms with van der Waals surface area (Å²) in [4.78, 5) is 4.18. The number of anilines is 1. The lowest BCUT2D eigenvalue weighted by Gasteiger charge is -2.24. The summed E-state index contributed by atoms with van der Waals surface area (Å²) in [5, 5.41) is 0. The summed E-state index contributed by atoms with van der Waals surface area (Å²) >= 11 is 0. The Morgan fingerprint density at radius 3 is 2.38 bits per heavy atom. The van der Waals surface area contributed by atoms with Crippen LogP contribution in [0.15, 0.2) is 18.2 Å². The highest BCUT2D eigenvalue weighted by atomic mass is 19.4. The molecule has 1 unspecified atom stereocenters. The maximum Gasteiger partial charge on any atom is 0.416 e. The van der Waals surface area contributed by atoms with Gasteiger partial charge in [0.25, 0.3) is 0 Å². The van der Waals surface area contributed by atoms with E-state index in [1.165, 1.54) is 6.07 Å². The fourth-order valence-corrected chi connectivity index (χ4v) is 2.89. The third-order valence-electron chi connectivity index (χ3n) is 4.22. The van der Waals surface area contributed by atoms with Gasteiger partial charge in [0.05, 0.1) is 5.56 Å². The number of hydrogen-bond donors (Lipinski definition) is 0. The Hall–Kier alpha value is -1.23. The molecule has 1 aliphatic heterocycles. The maximum absolute atomic E-state index is 13.3. The molecule has 1 atom stereocenters. The fraction of sp³-hybridized carbons (Fsp3) is 0.625. The molecule has 0 bridgehead atoms. The molecule has 0 saturated carbocycles. The van der Waals surface area contributed by atoms with Crippen molar-refractivity contribution >= 4 is 5.69 Å². The van der Waals surface area contributed by atoms with E-state index in [2.05, 4.69) is 4.90 Å². The van der Waals surface area contributed by atoms with Crippen molar-refractivity contribution in [1.82, 2.24) is 4.90 Å². The lowest BCUT2D eigenvalue weighted by molar-refractivity contribution is -0.138. The minimum Gasteiger partial charge on any atom is -0.370 e. The molecule has 0 N–H and O–H groups in total. The van der Waals surface area contributed by atoms with Crippen LogP contribution in [0, 0.1) is 0 Å². The predicted octanol–water partition coefficient (Wildman–Crippen LogP) is 3.97. The van der Waals surface area contributed by atoms with E-state index < -0.39 is 11.7 Å². The summed E-state index contributed by atoms with van der Waals surface area (Å²) in [5.41, 5.74) is 0.550. The number of alkyl halides is 3. The van der Waals surface area contributed by atoms with Crippen molar-refractivity contribution in [1.29, 1.82) is 0 Å². The second kappa shape index (κ2) is 5.87. The standard InChI is InChI=1S/C16H23F3N2/c1-11(2)14-6-5-12(9-15(14)16(17,18)19)21-8-7-13(10-21)20(3)4/h5-6,9,11,13H,7-8,10H2,1-4H3. The highest BCUT2D eigenvalue weighted by molar-refractivity contribution is 5.53. The van der Waals surface area contributed by atoms with Crippen LogP contribution in [0.2, 0.25) is 0 Å². The molecule has 1 heterocycles. The first-order chi connectivity index (χ1) is 9.70. The lowest BCUT2D eigenvalue weighted by Crippen LogP contribution is -2.31. The highest BCUT2D eigenvalue weighted by Crippen LogP contribution is 2.38. The molecule has 21 heavy (non-hydrogen) atoms. The van der Waals surface area contributed by atoms with E-state index in [4.69, 9.17) is 0 Å². The average molecular weight is 300 g/mol. The van der Waals surface area contributed by atoms with Crippen LogP contribution < -0.4 is 4.90 Å². The van der Waals surface area contributed by atoms with Gasteiger partial charge in [-0.25, -0.2) is 0 Å². The van der Waals surface area contributed by atoms with Crippen LogP contribution in [0.3, 0.4) is 0 Å². The van der Waals surface area contributed by atoms with Gasteiger partial charge in [-0.05, 0) is 44.1 Å². The smallest absolute Gasteiger partial charge is 0.370 e.